The van der Waals surface area contributed by atoms with Gasteiger partial charge in [-0.15, -0.1) is 0 Å². The van der Waals surface area contributed by atoms with Gasteiger partial charge in [0.1, 0.15) is 7.05 Å². The summed E-state index contributed by atoms with van der Waals surface area (Å²) in [5.74, 6) is 0. The zero-order valence-corrected chi connectivity index (χ0v) is 26.9. The van der Waals surface area contributed by atoms with E-state index in [2.05, 4.69) is 189 Å². The molecule has 4 aromatic rings. The molecule has 2 aliphatic rings. The first-order valence-electron chi connectivity index (χ1n) is 14.6. The number of benzene rings is 4. The minimum atomic E-state index is -0.0777. The van der Waals surface area contributed by atoms with E-state index in [1.807, 2.05) is 0 Å². The summed E-state index contributed by atoms with van der Waals surface area (Å²) < 4.78 is 3.35. The standard InChI is InChI=1S/C39H38BrN2/c1-38(2)34(41(5)32-25-23-27-15-7-11-19-30(27)36(32)38)21-13-9-17-29(40)18-10-14-22-35-39(3,4)37-31-20-12-8-16-28(31)24-26-33(37)42(35)6/h7-26H,1-6H3/q+1. The smallest absolute Gasteiger partial charge is 0.210 e. The number of hydrogen-bond donors (Lipinski definition) is 0. The predicted octanol–water partition coefficient (Wildman–Crippen LogP) is 10.3. The van der Waals surface area contributed by atoms with E-state index in [1.54, 1.807) is 0 Å². The maximum atomic E-state index is 3.72. The van der Waals surface area contributed by atoms with Crippen molar-refractivity contribution in [3.63, 3.8) is 0 Å². The Morgan fingerprint density at radius 3 is 2.10 bits per heavy atom. The molecule has 2 aliphatic heterocycles. The number of anilines is 1. The van der Waals surface area contributed by atoms with Crippen molar-refractivity contribution >= 4 is 54.6 Å². The van der Waals surface area contributed by atoms with Crippen LogP contribution in [0.3, 0.4) is 0 Å². The fraction of sp³-hybridized carbons (Fsp3) is 0.205. The molecule has 0 bridgehead atoms. The monoisotopic (exact) mass is 613 g/mol. The highest BCUT2D eigenvalue weighted by molar-refractivity contribution is 9.11. The molecule has 42 heavy (non-hydrogen) atoms. The molecule has 0 saturated heterocycles. The van der Waals surface area contributed by atoms with Gasteiger partial charge in [0, 0.05) is 46.0 Å². The molecule has 6 rings (SSSR count). The first-order chi connectivity index (χ1) is 20.1. The molecular formula is C39H38BrN2+. The fourth-order valence-electron chi connectivity index (χ4n) is 7.03. The van der Waals surface area contributed by atoms with E-state index >= 15 is 0 Å². The highest BCUT2D eigenvalue weighted by Gasteiger charge is 2.44. The van der Waals surface area contributed by atoms with Gasteiger partial charge in [-0.2, -0.15) is 4.58 Å². The summed E-state index contributed by atoms with van der Waals surface area (Å²) >= 11 is 3.72. The largest absolute Gasteiger partial charge is 0.347 e. The Morgan fingerprint density at radius 2 is 1.38 bits per heavy atom. The molecule has 0 unspecified atom stereocenters. The van der Waals surface area contributed by atoms with Crippen LogP contribution in [0.4, 0.5) is 11.4 Å². The summed E-state index contributed by atoms with van der Waals surface area (Å²) in [4.78, 5) is 2.33. The van der Waals surface area contributed by atoms with Gasteiger partial charge in [-0.3, -0.25) is 0 Å². The topological polar surface area (TPSA) is 6.25 Å². The molecule has 2 heterocycles. The van der Waals surface area contributed by atoms with Gasteiger partial charge < -0.3 is 4.90 Å². The number of nitrogens with zero attached hydrogens (tertiary/aromatic N) is 2. The van der Waals surface area contributed by atoms with Crippen LogP contribution in [0.25, 0.3) is 21.5 Å². The zero-order valence-electron chi connectivity index (χ0n) is 25.3. The van der Waals surface area contributed by atoms with Crippen LogP contribution in [0.5, 0.6) is 0 Å². The molecule has 0 aliphatic carbocycles. The molecule has 3 heteroatoms. The van der Waals surface area contributed by atoms with Crippen molar-refractivity contribution in [3.05, 3.63) is 143 Å². The van der Waals surface area contributed by atoms with E-state index < -0.39 is 0 Å². The first-order valence-corrected chi connectivity index (χ1v) is 15.4. The van der Waals surface area contributed by atoms with Crippen molar-refractivity contribution in [2.75, 3.05) is 19.0 Å². The van der Waals surface area contributed by atoms with Crippen molar-refractivity contribution in [2.45, 2.75) is 38.5 Å². The zero-order chi connectivity index (χ0) is 29.6. The van der Waals surface area contributed by atoms with E-state index in [9.17, 15) is 0 Å². The van der Waals surface area contributed by atoms with Crippen LogP contribution in [-0.2, 0) is 10.8 Å². The first kappa shape index (κ1) is 28.2. The summed E-state index contributed by atoms with van der Waals surface area (Å²) in [7, 11) is 4.34. The van der Waals surface area contributed by atoms with Gasteiger partial charge in [-0.1, -0.05) is 109 Å². The van der Waals surface area contributed by atoms with Crippen LogP contribution >= 0.6 is 15.9 Å². The van der Waals surface area contributed by atoms with Crippen molar-refractivity contribution in [3.8, 4) is 0 Å². The minimum Gasteiger partial charge on any atom is -0.347 e. The predicted molar refractivity (Wildman–Crippen MR) is 186 cm³/mol. The van der Waals surface area contributed by atoms with Gasteiger partial charge >= 0.3 is 0 Å². The third-order valence-corrected chi connectivity index (χ3v) is 9.56. The number of halogens is 1. The quantitative estimate of drug-likeness (QED) is 0.160. The number of hydrogen-bond acceptors (Lipinski definition) is 1. The Labute approximate surface area is 258 Å². The van der Waals surface area contributed by atoms with Gasteiger partial charge in [0.05, 0.1) is 5.41 Å². The molecule has 0 atom stereocenters. The third kappa shape index (κ3) is 4.61. The SMILES string of the molecule is CN1/C(=C/C=C/C=C(Br)/C=C/C=C/C2=[N+](C)c3ccc4ccccc4c3C2(C)C)C(C)(C)c2c1ccc1ccccc21. The molecule has 0 saturated carbocycles. The molecular weight excluding hydrogens is 576 g/mol. The molecule has 0 fully saturated rings. The van der Waals surface area contributed by atoms with Crippen LogP contribution in [0.2, 0.25) is 0 Å². The Bertz CT molecular complexity index is 1910. The fourth-order valence-corrected chi connectivity index (χ4v) is 7.34. The minimum absolute atomic E-state index is 0.0777. The van der Waals surface area contributed by atoms with E-state index in [1.165, 1.54) is 55.5 Å². The summed E-state index contributed by atoms with van der Waals surface area (Å²) in [6, 6.07) is 26.3. The maximum Gasteiger partial charge on any atom is 0.210 e. The van der Waals surface area contributed by atoms with Crippen molar-refractivity contribution in [1.29, 1.82) is 0 Å². The van der Waals surface area contributed by atoms with E-state index in [0.717, 1.165) is 4.48 Å². The maximum absolute atomic E-state index is 3.72. The molecule has 0 radical (unpaired) electrons. The second kappa shape index (κ2) is 10.7. The van der Waals surface area contributed by atoms with Gasteiger partial charge in [-0.05, 0) is 71.3 Å². The lowest BCUT2D eigenvalue weighted by Crippen LogP contribution is -2.26. The third-order valence-electron chi connectivity index (χ3n) is 9.03. The van der Waals surface area contributed by atoms with E-state index in [-0.39, 0.29) is 10.8 Å². The van der Waals surface area contributed by atoms with Gasteiger partial charge in [0.25, 0.3) is 0 Å². The van der Waals surface area contributed by atoms with Crippen LogP contribution < -0.4 is 4.90 Å². The Hall–Kier alpha value is -3.95. The van der Waals surface area contributed by atoms with Crippen LogP contribution in [0, 0.1) is 0 Å². The molecule has 210 valence electrons. The second-order valence-electron chi connectivity index (χ2n) is 12.3. The van der Waals surface area contributed by atoms with Crippen LogP contribution in [-0.4, -0.2) is 24.4 Å². The normalized spacial score (nSPS) is 19.0. The molecule has 4 aromatic carbocycles. The van der Waals surface area contributed by atoms with E-state index in [4.69, 9.17) is 0 Å². The number of fused-ring (bicyclic) bond motifs is 6. The number of likely N-dealkylation sites (N-methyl/N-ethyl adjacent to an activating group) is 1. The van der Waals surface area contributed by atoms with Gasteiger partial charge in [-0.25, -0.2) is 0 Å². The lowest BCUT2D eigenvalue weighted by Gasteiger charge is -2.24. The molecule has 2 nitrogen and oxygen atoms in total. The van der Waals surface area contributed by atoms with Crippen molar-refractivity contribution in [1.82, 2.24) is 0 Å². The Balaban J connectivity index is 1.17. The highest BCUT2D eigenvalue weighted by atomic mass is 79.9. The van der Waals surface area contributed by atoms with Crippen molar-refractivity contribution in [2.24, 2.45) is 0 Å². The number of allylic oxidation sites excluding steroid dienone is 10. The summed E-state index contributed by atoms with van der Waals surface area (Å²) in [5, 5.41) is 5.26. The molecule has 0 spiro atoms. The van der Waals surface area contributed by atoms with Crippen molar-refractivity contribution < 1.29 is 4.58 Å². The molecule has 0 aromatic heterocycles. The van der Waals surface area contributed by atoms with E-state index in [0.29, 0.717) is 0 Å². The lowest BCUT2D eigenvalue weighted by molar-refractivity contribution is -0.401. The summed E-state index contributed by atoms with van der Waals surface area (Å²) in [5.41, 5.74) is 7.81. The average molecular weight is 615 g/mol. The molecule has 0 amide bonds. The average Bonchev–Trinajstić information content (AvgIpc) is 3.30. The Morgan fingerprint density at radius 1 is 0.738 bits per heavy atom. The Kier molecular flexibility index (Phi) is 7.19. The number of rotatable bonds is 5. The summed E-state index contributed by atoms with van der Waals surface area (Å²) in [6.45, 7) is 9.29. The van der Waals surface area contributed by atoms with Gasteiger partial charge in [0.15, 0.2) is 5.71 Å². The summed E-state index contributed by atoms with van der Waals surface area (Å²) in [6.07, 6.45) is 17.1. The lowest BCUT2D eigenvalue weighted by atomic mass is 9.79. The van der Waals surface area contributed by atoms with Crippen LogP contribution in [0.1, 0.15) is 38.8 Å². The second-order valence-corrected chi connectivity index (χ2v) is 13.2. The van der Waals surface area contributed by atoms with Crippen LogP contribution in [0.15, 0.2) is 132 Å². The highest BCUT2D eigenvalue weighted by Crippen LogP contribution is 2.50. The van der Waals surface area contributed by atoms with Gasteiger partial charge in [0.2, 0.25) is 5.69 Å². The molecule has 0 N–H and O–H groups in total.